The lowest BCUT2D eigenvalue weighted by Crippen LogP contribution is -2.32. The van der Waals surface area contributed by atoms with E-state index < -0.39 is 18.2 Å². The highest BCUT2D eigenvalue weighted by atomic mass is 19.4. The first-order valence-corrected chi connectivity index (χ1v) is 15.1. The number of methoxy groups -OCH3 is 3. The van der Waals surface area contributed by atoms with Crippen molar-refractivity contribution in [2.24, 2.45) is 10.7 Å². The Morgan fingerprint density at radius 1 is 0.860 bits per heavy atom. The number of hydrogen-bond acceptors (Lipinski definition) is 9. The number of ketones is 2. The van der Waals surface area contributed by atoms with Crippen LogP contribution in [0, 0.1) is 0 Å². The molecule has 2 amide bonds. The van der Waals surface area contributed by atoms with Gasteiger partial charge in [0.05, 0.1) is 38.9 Å². The molecule has 3 aromatic carbocycles. The number of rotatable bonds is 15. The van der Waals surface area contributed by atoms with Gasteiger partial charge in [0.15, 0.2) is 17.3 Å². The largest absolute Gasteiger partial charge is 0.497 e. The van der Waals surface area contributed by atoms with Crippen molar-refractivity contribution in [1.29, 1.82) is 0 Å². The first-order chi connectivity index (χ1) is 23.7. The Morgan fingerprint density at radius 3 is 1.94 bits per heavy atom. The minimum Gasteiger partial charge on any atom is -0.497 e. The molecule has 12 nitrogen and oxygen atoms in total. The van der Waals surface area contributed by atoms with Crippen LogP contribution in [0.4, 0.5) is 13.2 Å². The summed E-state index contributed by atoms with van der Waals surface area (Å²) in [4.78, 5) is 66.1. The number of carbonyl (C=O) groups is 5. The van der Waals surface area contributed by atoms with E-state index >= 15 is 0 Å². The number of aliphatic imine (C=N–C) groups is 1. The molecule has 1 aliphatic rings. The summed E-state index contributed by atoms with van der Waals surface area (Å²) in [6.45, 7) is 0.107. The molecule has 0 unspecified atom stereocenters. The van der Waals surface area contributed by atoms with Crippen molar-refractivity contribution >= 4 is 35.2 Å². The summed E-state index contributed by atoms with van der Waals surface area (Å²) in [5.41, 5.74) is 8.50. The SMILES string of the molecule is COc1ccc(C[C@H](N=C(N)CC(=O)Cc2ccc(OC)c(OC)c2)C(=O)CCCN2C(=O)c3ccccc3C2=O)cc1.O=C(O)C(F)(F)F. The zero-order valence-corrected chi connectivity index (χ0v) is 27.5. The smallest absolute Gasteiger partial charge is 0.490 e. The quantitative estimate of drug-likeness (QED) is 0.131. The molecule has 0 fully saturated rings. The zero-order chi connectivity index (χ0) is 37.0. The van der Waals surface area contributed by atoms with Gasteiger partial charge in [-0.3, -0.25) is 29.1 Å². The molecule has 0 saturated heterocycles. The Labute approximate surface area is 285 Å². The summed E-state index contributed by atoms with van der Waals surface area (Å²) in [7, 11) is 4.63. The summed E-state index contributed by atoms with van der Waals surface area (Å²) in [6, 6.07) is 18.3. The fourth-order valence-corrected chi connectivity index (χ4v) is 4.97. The van der Waals surface area contributed by atoms with Gasteiger partial charge in [-0.05, 0) is 53.9 Å². The summed E-state index contributed by atoms with van der Waals surface area (Å²) in [6.07, 6.45) is -4.49. The highest BCUT2D eigenvalue weighted by Crippen LogP contribution is 2.28. The van der Waals surface area contributed by atoms with Gasteiger partial charge in [-0.15, -0.1) is 0 Å². The fraction of sp³-hybridized carbons (Fsp3) is 0.314. The number of ether oxygens (including phenoxy) is 3. The number of hydrogen-bond donors (Lipinski definition) is 2. The second-order valence-electron chi connectivity index (χ2n) is 11.0. The molecule has 266 valence electrons. The van der Waals surface area contributed by atoms with Crippen LogP contribution in [0.2, 0.25) is 0 Å². The minimum atomic E-state index is -5.08. The predicted octanol–water partition coefficient (Wildman–Crippen LogP) is 4.46. The van der Waals surface area contributed by atoms with E-state index in [1.807, 2.05) is 12.1 Å². The van der Waals surface area contributed by atoms with Crippen molar-refractivity contribution in [2.75, 3.05) is 27.9 Å². The van der Waals surface area contributed by atoms with Crippen LogP contribution in [0.25, 0.3) is 0 Å². The summed E-state index contributed by atoms with van der Waals surface area (Å²) in [5, 5.41) is 7.12. The number of fused-ring (bicyclic) bond motifs is 1. The first kappa shape index (κ1) is 38.7. The molecule has 0 aromatic heterocycles. The van der Waals surface area contributed by atoms with E-state index in [1.165, 1.54) is 19.1 Å². The number of aliphatic carboxylic acids is 1. The van der Waals surface area contributed by atoms with E-state index in [0.29, 0.717) is 28.4 Å². The number of nitrogens with zero attached hydrogens (tertiary/aromatic N) is 2. The summed E-state index contributed by atoms with van der Waals surface area (Å²) in [5.74, 6) is -2.06. The number of nitrogens with two attached hydrogens (primary N) is 1. The van der Waals surface area contributed by atoms with Crippen LogP contribution in [0.3, 0.4) is 0 Å². The van der Waals surface area contributed by atoms with E-state index in [2.05, 4.69) is 4.99 Å². The Hall–Kier alpha value is -5.73. The lowest BCUT2D eigenvalue weighted by molar-refractivity contribution is -0.192. The number of Topliss-reactive ketones (excluding diaryl/α,β-unsaturated/α-hetero) is 2. The van der Waals surface area contributed by atoms with E-state index in [9.17, 15) is 32.3 Å². The van der Waals surface area contributed by atoms with Crippen molar-refractivity contribution in [3.8, 4) is 17.2 Å². The molecule has 3 N–H and O–H groups in total. The van der Waals surface area contributed by atoms with Crippen molar-refractivity contribution < 1.29 is 56.5 Å². The van der Waals surface area contributed by atoms with Crippen LogP contribution in [0.15, 0.2) is 71.7 Å². The molecule has 0 aliphatic carbocycles. The monoisotopic (exact) mass is 699 g/mol. The highest BCUT2D eigenvalue weighted by molar-refractivity contribution is 6.21. The van der Waals surface area contributed by atoms with Crippen molar-refractivity contribution in [2.45, 2.75) is 44.3 Å². The molecule has 1 aliphatic heterocycles. The van der Waals surface area contributed by atoms with Gasteiger partial charge in [0.25, 0.3) is 11.8 Å². The van der Waals surface area contributed by atoms with Gasteiger partial charge >= 0.3 is 12.1 Å². The third kappa shape index (κ3) is 10.6. The molecule has 0 saturated carbocycles. The van der Waals surface area contributed by atoms with Gasteiger partial charge in [-0.25, -0.2) is 4.79 Å². The molecule has 1 atom stereocenters. The van der Waals surface area contributed by atoms with Crippen LogP contribution < -0.4 is 19.9 Å². The molecule has 3 aromatic rings. The Bertz CT molecular complexity index is 1710. The second kappa shape index (κ2) is 17.6. The van der Waals surface area contributed by atoms with Gasteiger partial charge in [0.1, 0.15) is 23.4 Å². The third-order valence-corrected chi connectivity index (χ3v) is 7.43. The lowest BCUT2D eigenvalue weighted by atomic mass is 9.99. The van der Waals surface area contributed by atoms with E-state index in [0.717, 1.165) is 11.1 Å². The standard InChI is InChI=1S/C33H35N3O7.C2HF3O2/c1-41-24-13-10-21(11-14-24)18-27(28(38)9-6-16-36-32(39)25-7-4-5-8-26(25)33(36)40)35-31(34)20-23(37)17-22-12-15-29(42-2)30(19-22)43-3;3-2(4,5)1(6)7/h4-5,7-8,10-15,19,27H,6,9,16-18,20H2,1-3H3,(H2,34,35);(H,6,7)/t27-;/m0./s1. The van der Waals surface area contributed by atoms with Crippen molar-refractivity contribution in [3.63, 3.8) is 0 Å². The normalized spacial score (nSPS) is 13.2. The van der Waals surface area contributed by atoms with Gasteiger partial charge in [0.2, 0.25) is 0 Å². The van der Waals surface area contributed by atoms with Crippen molar-refractivity contribution in [1.82, 2.24) is 4.90 Å². The Morgan fingerprint density at radius 2 is 1.42 bits per heavy atom. The molecule has 0 spiro atoms. The number of alkyl halides is 3. The maximum Gasteiger partial charge on any atom is 0.490 e. The van der Waals surface area contributed by atoms with Gasteiger partial charge in [0, 0.05) is 25.8 Å². The molecular weight excluding hydrogens is 663 g/mol. The number of imide groups is 1. The number of carboxylic acid groups (broad SMARTS) is 1. The zero-order valence-electron chi connectivity index (χ0n) is 27.5. The van der Waals surface area contributed by atoms with Crippen LogP contribution in [-0.4, -0.2) is 85.3 Å². The highest BCUT2D eigenvalue weighted by Gasteiger charge is 2.38. The molecular formula is C35H36F3N3O9. The Kier molecular flexibility index (Phi) is 13.6. The maximum atomic E-state index is 13.4. The summed E-state index contributed by atoms with van der Waals surface area (Å²) < 4.78 is 47.5. The number of carbonyl (C=O) groups excluding carboxylic acids is 4. The molecule has 15 heteroatoms. The first-order valence-electron chi connectivity index (χ1n) is 15.1. The third-order valence-electron chi connectivity index (χ3n) is 7.43. The minimum absolute atomic E-state index is 0.0534. The van der Waals surface area contributed by atoms with Crippen LogP contribution in [0.1, 0.15) is 51.1 Å². The topological polar surface area (TPSA) is 175 Å². The van der Waals surface area contributed by atoms with Gasteiger partial charge in [-0.1, -0.05) is 30.3 Å². The fourth-order valence-electron chi connectivity index (χ4n) is 4.97. The summed E-state index contributed by atoms with van der Waals surface area (Å²) >= 11 is 0. The van der Waals surface area contributed by atoms with E-state index in [1.54, 1.807) is 61.7 Å². The van der Waals surface area contributed by atoms with Crippen molar-refractivity contribution in [3.05, 3.63) is 89.0 Å². The van der Waals surface area contributed by atoms with Crippen LogP contribution >= 0.6 is 0 Å². The lowest BCUT2D eigenvalue weighted by Gasteiger charge is -2.16. The average Bonchev–Trinajstić information content (AvgIpc) is 3.32. The number of amides is 2. The molecule has 0 bridgehead atoms. The molecule has 1 heterocycles. The van der Waals surface area contributed by atoms with Crippen LogP contribution in [0.5, 0.6) is 17.2 Å². The Balaban J connectivity index is 0.000000872. The predicted molar refractivity (Wildman–Crippen MR) is 175 cm³/mol. The number of amidine groups is 1. The van der Waals surface area contributed by atoms with Crippen LogP contribution in [-0.2, 0) is 27.2 Å². The van der Waals surface area contributed by atoms with E-state index in [-0.39, 0.29) is 67.9 Å². The number of halogens is 3. The molecule has 50 heavy (non-hydrogen) atoms. The second-order valence-corrected chi connectivity index (χ2v) is 11.0. The van der Waals surface area contributed by atoms with Gasteiger partial charge in [-0.2, -0.15) is 13.2 Å². The average molecular weight is 700 g/mol. The van der Waals surface area contributed by atoms with Gasteiger partial charge < -0.3 is 25.1 Å². The number of benzene rings is 3. The number of carboxylic acids is 1. The van der Waals surface area contributed by atoms with E-state index in [4.69, 9.17) is 29.8 Å². The maximum absolute atomic E-state index is 13.4. The molecule has 4 rings (SSSR count). The molecule has 0 radical (unpaired) electrons.